The highest BCUT2D eigenvalue weighted by Crippen LogP contribution is 2.37. The summed E-state index contributed by atoms with van der Waals surface area (Å²) in [7, 11) is -3.93. The highest BCUT2D eigenvalue weighted by molar-refractivity contribution is 7.90. The summed E-state index contributed by atoms with van der Waals surface area (Å²) in [6.07, 6.45) is -9.56. The third kappa shape index (κ3) is 5.51. The zero-order chi connectivity index (χ0) is 23.0. The normalized spacial score (nSPS) is 12.7. The third-order valence-electron chi connectivity index (χ3n) is 4.04. The van der Waals surface area contributed by atoms with Gasteiger partial charge in [-0.1, -0.05) is 11.2 Å². The molecule has 3 rings (SSSR count). The molecule has 0 saturated carbocycles. The first-order chi connectivity index (χ1) is 14.2. The molecule has 3 aromatic rings. The number of H-pyrrole nitrogens is 1. The lowest BCUT2D eigenvalue weighted by atomic mass is 9.97. The van der Waals surface area contributed by atoms with Gasteiger partial charge in [0, 0.05) is 6.26 Å². The molecule has 14 heteroatoms. The van der Waals surface area contributed by atoms with Crippen LogP contribution in [0.3, 0.4) is 0 Å². The van der Waals surface area contributed by atoms with E-state index in [1.807, 2.05) is 0 Å². The zero-order valence-corrected chi connectivity index (χ0v) is 16.2. The zero-order valence-electron chi connectivity index (χ0n) is 15.4. The predicted molar refractivity (Wildman–Crippen MR) is 93.1 cm³/mol. The molecule has 0 amide bonds. The molecule has 1 heterocycles. The third-order valence-corrected chi connectivity index (χ3v) is 5.15. The van der Waals surface area contributed by atoms with E-state index in [4.69, 9.17) is 4.74 Å². The molecule has 166 valence electrons. The van der Waals surface area contributed by atoms with Gasteiger partial charge in [0.15, 0.2) is 9.84 Å². The maximum atomic E-state index is 13.5. The minimum absolute atomic E-state index is 0.157. The van der Waals surface area contributed by atoms with Gasteiger partial charge in [-0.05, 0) is 58.3 Å². The highest BCUT2D eigenvalue weighted by atomic mass is 32.2. The van der Waals surface area contributed by atoms with Crippen LogP contribution in [0.2, 0.25) is 0 Å². The topological polar surface area (TPSA) is 97.8 Å². The molecule has 1 N–H and O–H groups in total. The Kier molecular flexibility index (Phi) is 5.69. The molecule has 31 heavy (non-hydrogen) atoms. The average molecular weight is 466 g/mol. The van der Waals surface area contributed by atoms with E-state index in [2.05, 4.69) is 20.6 Å². The lowest BCUT2D eigenvalue weighted by Crippen LogP contribution is -2.12. The summed E-state index contributed by atoms with van der Waals surface area (Å²) in [6, 6.07) is 4.43. The molecular formula is C17H12F6N4O3S. The molecule has 2 aromatic carbocycles. The van der Waals surface area contributed by atoms with E-state index in [-0.39, 0.29) is 17.3 Å². The van der Waals surface area contributed by atoms with E-state index in [1.54, 1.807) is 0 Å². The molecule has 0 spiro atoms. The van der Waals surface area contributed by atoms with Crippen molar-refractivity contribution < 1.29 is 39.5 Å². The van der Waals surface area contributed by atoms with Crippen LogP contribution < -0.4 is 4.74 Å². The number of tetrazole rings is 1. The summed E-state index contributed by atoms with van der Waals surface area (Å²) in [5.74, 6) is -0.357. The number of rotatable bonds is 5. The summed E-state index contributed by atoms with van der Waals surface area (Å²) < 4.78 is 109. The number of nitrogens with zero attached hydrogens (tertiary/aromatic N) is 3. The number of benzene rings is 2. The fraction of sp³-hybridized carbons (Fsp3) is 0.235. The Morgan fingerprint density at radius 2 is 1.71 bits per heavy atom. The van der Waals surface area contributed by atoms with E-state index in [0.29, 0.717) is 18.2 Å². The molecule has 0 fully saturated rings. The van der Waals surface area contributed by atoms with Crippen LogP contribution in [0.5, 0.6) is 11.8 Å². The van der Waals surface area contributed by atoms with Gasteiger partial charge < -0.3 is 4.74 Å². The Bertz CT molecular complexity index is 1190. The molecule has 0 aliphatic rings. The smallest absolute Gasteiger partial charge is 0.416 e. The number of sulfone groups is 1. The second kappa shape index (κ2) is 7.83. The molecule has 0 aliphatic carbocycles. The van der Waals surface area contributed by atoms with Crippen molar-refractivity contribution in [1.82, 2.24) is 20.6 Å². The van der Waals surface area contributed by atoms with Gasteiger partial charge >= 0.3 is 18.4 Å². The van der Waals surface area contributed by atoms with Crippen molar-refractivity contribution in [3.8, 4) is 11.8 Å². The Balaban J connectivity index is 2.07. The Labute approximate surface area is 171 Å². The predicted octanol–water partition coefficient (Wildman–Crippen LogP) is 4.02. The molecule has 7 nitrogen and oxygen atoms in total. The van der Waals surface area contributed by atoms with Gasteiger partial charge in [0.2, 0.25) is 0 Å². The SMILES string of the molecule is CS(=O)(=O)c1ccc(Cc2cc(Oc3nnn[nH]3)cc(C(F)(F)F)c2)c(C(F)(F)F)c1. The largest absolute Gasteiger partial charge is 0.423 e. The summed E-state index contributed by atoms with van der Waals surface area (Å²) in [5, 5.41) is 12.0. The minimum Gasteiger partial charge on any atom is -0.423 e. The van der Waals surface area contributed by atoms with Crippen LogP contribution in [0.1, 0.15) is 22.3 Å². The van der Waals surface area contributed by atoms with Gasteiger partial charge in [-0.2, -0.15) is 26.3 Å². The van der Waals surface area contributed by atoms with Crippen LogP contribution in [0.25, 0.3) is 0 Å². The van der Waals surface area contributed by atoms with E-state index in [9.17, 15) is 34.8 Å². The van der Waals surface area contributed by atoms with Crippen molar-refractivity contribution >= 4 is 9.84 Å². The van der Waals surface area contributed by atoms with Crippen molar-refractivity contribution in [2.24, 2.45) is 0 Å². The average Bonchev–Trinajstić information content (AvgIpc) is 3.12. The van der Waals surface area contributed by atoms with Crippen LogP contribution in [-0.2, 0) is 28.6 Å². The first-order valence-corrected chi connectivity index (χ1v) is 10.2. The summed E-state index contributed by atoms with van der Waals surface area (Å²) in [5.41, 5.74) is -3.00. The van der Waals surface area contributed by atoms with Gasteiger partial charge in [0.25, 0.3) is 0 Å². The molecule has 0 saturated heterocycles. The Morgan fingerprint density at radius 1 is 1.00 bits per heavy atom. The van der Waals surface area contributed by atoms with Gasteiger partial charge in [0.1, 0.15) is 5.75 Å². The molecular weight excluding hydrogens is 454 g/mol. The second-order valence-electron chi connectivity index (χ2n) is 6.44. The van der Waals surface area contributed by atoms with Gasteiger partial charge in [0.05, 0.1) is 16.0 Å². The van der Waals surface area contributed by atoms with Crippen molar-refractivity contribution in [3.63, 3.8) is 0 Å². The van der Waals surface area contributed by atoms with Gasteiger partial charge in [-0.3, -0.25) is 0 Å². The van der Waals surface area contributed by atoms with Gasteiger partial charge in [-0.15, -0.1) is 0 Å². The molecule has 0 atom stereocenters. The van der Waals surface area contributed by atoms with Crippen LogP contribution >= 0.6 is 0 Å². The number of alkyl halides is 6. The van der Waals surface area contributed by atoms with Crippen molar-refractivity contribution in [1.29, 1.82) is 0 Å². The number of hydrogen-bond acceptors (Lipinski definition) is 6. The summed E-state index contributed by atoms with van der Waals surface area (Å²) in [6.45, 7) is 0. The standard InChI is InChI=1S/C17H12F6N4O3S/c1-31(28,29)13-3-2-10(14(8-13)17(21,22)23)4-9-5-11(16(18,19)20)7-12(6-9)30-15-24-26-27-25-15/h2-3,5-8H,4H2,1H3,(H,24,25,26,27). The lowest BCUT2D eigenvalue weighted by Gasteiger charge is -2.16. The Hall–Kier alpha value is -3.16. The van der Waals surface area contributed by atoms with Gasteiger partial charge in [-0.25, -0.2) is 13.5 Å². The van der Waals surface area contributed by atoms with Crippen LogP contribution in [0.4, 0.5) is 26.3 Å². The van der Waals surface area contributed by atoms with Crippen LogP contribution in [-0.4, -0.2) is 35.3 Å². The lowest BCUT2D eigenvalue weighted by molar-refractivity contribution is -0.139. The second-order valence-corrected chi connectivity index (χ2v) is 8.45. The maximum Gasteiger partial charge on any atom is 0.416 e. The molecule has 0 unspecified atom stereocenters. The molecule has 1 aromatic heterocycles. The number of hydrogen-bond donors (Lipinski definition) is 1. The van der Waals surface area contributed by atoms with E-state index in [1.165, 1.54) is 0 Å². The number of aromatic nitrogens is 4. The molecule has 0 aliphatic heterocycles. The quantitative estimate of drug-likeness (QED) is 0.571. The van der Waals surface area contributed by atoms with Crippen LogP contribution in [0, 0.1) is 0 Å². The number of ether oxygens (including phenoxy) is 1. The van der Waals surface area contributed by atoms with Crippen molar-refractivity contribution in [2.75, 3.05) is 6.26 Å². The molecule has 0 bridgehead atoms. The fourth-order valence-electron chi connectivity index (χ4n) is 2.71. The minimum atomic E-state index is -4.93. The van der Waals surface area contributed by atoms with E-state index >= 15 is 0 Å². The van der Waals surface area contributed by atoms with Crippen molar-refractivity contribution in [3.05, 3.63) is 58.7 Å². The molecule has 0 radical (unpaired) electrons. The monoisotopic (exact) mass is 466 g/mol. The van der Waals surface area contributed by atoms with Crippen molar-refractivity contribution in [2.45, 2.75) is 23.7 Å². The van der Waals surface area contributed by atoms with Crippen LogP contribution in [0.15, 0.2) is 41.3 Å². The number of aromatic amines is 1. The first kappa shape index (κ1) is 22.5. The fourth-order valence-corrected chi connectivity index (χ4v) is 3.36. The van der Waals surface area contributed by atoms with E-state index in [0.717, 1.165) is 24.5 Å². The number of halogens is 6. The summed E-state index contributed by atoms with van der Waals surface area (Å²) in [4.78, 5) is -0.561. The maximum absolute atomic E-state index is 13.5. The highest BCUT2D eigenvalue weighted by Gasteiger charge is 2.35. The van der Waals surface area contributed by atoms with E-state index < -0.39 is 50.2 Å². The number of nitrogens with one attached hydrogen (secondary N) is 1. The summed E-state index contributed by atoms with van der Waals surface area (Å²) >= 11 is 0. The first-order valence-electron chi connectivity index (χ1n) is 8.26. The Morgan fingerprint density at radius 3 is 2.26 bits per heavy atom.